The summed E-state index contributed by atoms with van der Waals surface area (Å²) in [5, 5.41) is 11.0. The third-order valence-electron chi connectivity index (χ3n) is 2.38. The van der Waals surface area contributed by atoms with Crippen LogP contribution in [0.4, 0.5) is 6.01 Å². The molecule has 3 N–H and O–H groups in total. The lowest BCUT2D eigenvalue weighted by molar-refractivity contribution is 0.466. The van der Waals surface area contributed by atoms with Gasteiger partial charge in [-0.15, -0.1) is 5.10 Å². The maximum Gasteiger partial charge on any atom is 0.315 e. The molecule has 1 unspecified atom stereocenters. The molecule has 1 saturated heterocycles. The summed E-state index contributed by atoms with van der Waals surface area (Å²) in [5.41, 5.74) is 5.63. The lowest BCUT2D eigenvalue weighted by Crippen LogP contribution is -2.24. The zero-order valence-corrected chi connectivity index (χ0v) is 9.59. The predicted octanol–water partition coefficient (Wildman–Crippen LogP) is 1.40. The van der Waals surface area contributed by atoms with Gasteiger partial charge >= 0.3 is 6.01 Å². The van der Waals surface area contributed by atoms with Crippen LogP contribution in [0.2, 0.25) is 0 Å². The van der Waals surface area contributed by atoms with Crippen molar-refractivity contribution in [2.45, 2.75) is 31.8 Å². The Morgan fingerprint density at radius 2 is 2.20 bits per heavy atom. The molecular formula is C9H16N4OS. The van der Waals surface area contributed by atoms with Crippen LogP contribution in [-0.4, -0.2) is 27.7 Å². The van der Waals surface area contributed by atoms with Crippen molar-refractivity contribution in [3.8, 4) is 0 Å². The van der Waals surface area contributed by atoms with Gasteiger partial charge < -0.3 is 15.5 Å². The van der Waals surface area contributed by atoms with Crippen molar-refractivity contribution in [2.24, 2.45) is 5.73 Å². The third kappa shape index (κ3) is 2.85. The molecule has 0 amide bonds. The van der Waals surface area contributed by atoms with Crippen molar-refractivity contribution in [3.63, 3.8) is 0 Å². The first-order valence-electron chi connectivity index (χ1n) is 5.19. The molecule has 0 aliphatic carbocycles. The van der Waals surface area contributed by atoms with Gasteiger partial charge in [0.2, 0.25) is 5.89 Å². The largest absolute Gasteiger partial charge is 0.406 e. The van der Waals surface area contributed by atoms with Crippen molar-refractivity contribution in [3.05, 3.63) is 5.89 Å². The molecule has 0 bridgehead atoms. The summed E-state index contributed by atoms with van der Waals surface area (Å²) in [4.78, 5) is 0. The fourth-order valence-corrected chi connectivity index (χ4v) is 2.60. The maximum atomic E-state index is 5.63. The first-order valence-corrected chi connectivity index (χ1v) is 6.34. The van der Waals surface area contributed by atoms with Crippen LogP contribution in [0.25, 0.3) is 0 Å². The van der Waals surface area contributed by atoms with Crippen LogP contribution >= 0.6 is 11.8 Å². The van der Waals surface area contributed by atoms with E-state index in [1.165, 1.54) is 11.5 Å². The SMILES string of the molecule is CC(N)c1nnc(NC2CCSCC2)o1. The molecule has 2 rings (SSSR count). The molecule has 5 nitrogen and oxygen atoms in total. The fourth-order valence-electron chi connectivity index (χ4n) is 1.49. The minimum atomic E-state index is -0.199. The molecule has 15 heavy (non-hydrogen) atoms. The van der Waals surface area contributed by atoms with Gasteiger partial charge in [-0.1, -0.05) is 5.10 Å². The second-order valence-electron chi connectivity index (χ2n) is 3.77. The zero-order valence-electron chi connectivity index (χ0n) is 8.77. The van der Waals surface area contributed by atoms with Crippen LogP contribution in [0, 0.1) is 0 Å². The van der Waals surface area contributed by atoms with E-state index in [9.17, 15) is 0 Å². The molecule has 0 spiro atoms. The molecule has 6 heteroatoms. The topological polar surface area (TPSA) is 77.0 Å². The highest BCUT2D eigenvalue weighted by Crippen LogP contribution is 2.20. The fraction of sp³-hybridized carbons (Fsp3) is 0.778. The van der Waals surface area contributed by atoms with Gasteiger partial charge in [0.05, 0.1) is 6.04 Å². The number of nitrogens with zero attached hydrogens (tertiary/aromatic N) is 2. The number of nitrogens with one attached hydrogen (secondary N) is 1. The van der Waals surface area contributed by atoms with Gasteiger partial charge in [0.25, 0.3) is 0 Å². The molecule has 0 aromatic carbocycles. The Morgan fingerprint density at radius 1 is 1.47 bits per heavy atom. The summed E-state index contributed by atoms with van der Waals surface area (Å²) < 4.78 is 5.38. The molecule has 1 aromatic rings. The zero-order chi connectivity index (χ0) is 10.7. The highest BCUT2D eigenvalue weighted by atomic mass is 32.2. The van der Waals surface area contributed by atoms with E-state index in [2.05, 4.69) is 15.5 Å². The first-order chi connectivity index (χ1) is 7.25. The van der Waals surface area contributed by atoms with Gasteiger partial charge in [-0.25, -0.2) is 0 Å². The van der Waals surface area contributed by atoms with Crippen LogP contribution in [0.15, 0.2) is 4.42 Å². The van der Waals surface area contributed by atoms with E-state index in [-0.39, 0.29) is 6.04 Å². The van der Waals surface area contributed by atoms with E-state index < -0.39 is 0 Å². The highest BCUT2D eigenvalue weighted by molar-refractivity contribution is 7.99. The third-order valence-corrected chi connectivity index (χ3v) is 3.43. The van der Waals surface area contributed by atoms with E-state index in [0.717, 1.165) is 12.8 Å². The lowest BCUT2D eigenvalue weighted by atomic mass is 10.2. The van der Waals surface area contributed by atoms with Crippen LogP contribution in [0.3, 0.4) is 0 Å². The summed E-state index contributed by atoms with van der Waals surface area (Å²) in [7, 11) is 0. The standard InChI is InChI=1S/C9H16N4OS/c1-6(10)8-12-13-9(14-8)11-7-2-4-15-5-3-7/h6-7H,2-5,10H2,1H3,(H,11,13). The van der Waals surface area contributed by atoms with Crippen molar-refractivity contribution < 1.29 is 4.42 Å². The van der Waals surface area contributed by atoms with E-state index in [1.807, 2.05) is 18.7 Å². The molecule has 1 aliphatic rings. The number of thioether (sulfide) groups is 1. The van der Waals surface area contributed by atoms with Gasteiger partial charge in [-0.3, -0.25) is 0 Å². The second-order valence-corrected chi connectivity index (χ2v) is 4.99. The minimum Gasteiger partial charge on any atom is -0.406 e. The number of hydrogen-bond donors (Lipinski definition) is 2. The van der Waals surface area contributed by atoms with Gasteiger partial charge in [-0.2, -0.15) is 11.8 Å². The minimum absolute atomic E-state index is 0.199. The molecule has 2 heterocycles. The number of hydrogen-bond acceptors (Lipinski definition) is 6. The van der Waals surface area contributed by atoms with Gasteiger partial charge in [0, 0.05) is 6.04 Å². The van der Waals surface area contributed by atoms with Gasteiger partial charge in [-0.05, 0) is 31.3 Å². The first kappa shape index (κ1) is 10.8. The average Bonchev–Trinajstić information content (AvgIpc) is 2.68. The molecule has 84 valence electrons. The summed E-state index contributed by atoms with van der Waals surface area (Å²) >= 11 is 1.99. The summed E-state index contributed by atoms with van der Waals surface area (Å²) in [6.07, 6.45) is 2.31. The van der Waals surface area contributed by atoms with Crippen molar-refractivity contribution in [1.82, 2.24) is 10.2 Å². The molecule has 0 saturated carbocycles. The Balaban J connectivity index is 1.91. The van der Waals surface area contributed by atoms with Crippen molar-refractivity contribution in [2.75, 3.05) is 16.8 Å². The van der Waals surface area contributed by atoms with Crippen LogP contribution in [-0.2, 0) is 0 Å². The predicted molar refractivity (Wildman–Crippen MR) is 60.9 cm³/mol. The molecule has 0 radical (unpaired) electrons. The van der Waals surface area contributed by atoms with Crippen LogP contribution < -0.4 is 11.1 Å². The smallest absolute Gasteiger partial charge is 0.315 e. The number of rotatable bonds is 3. The molecule has 1 aromatic heterocycles. The van der Waals surface area contributed by atoms with Crippen molar-refractivity contribution >= 4 is 17.8 Å². The Morgan fingerprint density at radius 3 is 2.80 bits per heavy atom. The molecule has 1 atom stereocenters. The number of nitrogens with two attached hydrogens (primary N) is 1. The molecule has 1 aliphatic heterocycles. The average molecular weight is 228 g/mol. The van der Waals surface area contributed by atoms with Crippen LogP contribution in [0.1, 0.15) is 31.7 Å². The Labute approximate surface area is 93.2 Å². The van der Waals surface area contributed by atoms with E-state index in [1.54, 1.807) is 0 Å². The Bertz CT molecular complexity index is 309. The number of anilines is 1. The lowest BCUT2D eigenvalue weighted by Gasteiger charge is -2.21. The van der Waals surface area contributed by atoms with E-state index in [4.69, 9.17) is 10.2 Å². The molecule has 1 fully saturated rings. The van der Waals surface area contributed by atoms with Gasteiger partial charge in [0.1, 0.15) is 0 Å². The normalized spacial score (nSPS) is 20.1. The Hall–Kier alpha value is -0.750. The monoisotopic (exact) mass is 228 g/mol. The van der Waals surface area contributed by atoms with E-state index >= 15 is 0 Å². The number of aromatic nitrogens is 2. The van der Waals surface area contributed by atoms with Crippen LogP contribution in [0.5, 0.6) is 0 Å². The maximum absolute atomic E-state index is 5.63. The summed E-state index contributed by atoms with van der Waals surface area (Å²) in [6.45, 7) is 1.83. The summed E-state index contributed by atoms with van der Waals surface area (Å²) in [6, 6.07) is 0.766. The highest BCUT2D eigenvalue weighted by Gasteiger charge is 2.16. The summed E-state index contributed by atoms with van der Waals surface area (Å²) in [5.74, 6) is 2.89. The van der Waals surface area contributed by atoms with E-state index in [0.29, 0.717) is 17.9 Å². The second kappa shape index (κ2) is 4.85. The van der Waals surface area contributed by atoms with Crippen molar-refractivity contribution in [1.29, 1.82) is 0 Å². The quantitative estimate of drug-likeness (QED) is 0.814. The Kier molecular flexibility index (Phi) is 3.48. The van der Waals surface area contributed by atoms with Gasteiger partial charge in [0.15, 0.2) is 0 Å². The molecular weight excluding hydrogens is 212 g/mol.